The second kappa shape index (κ2) is 8.40. The standard InChI is InChI=1S/2C8H12N/c1-3-9-7-5-4-6-8(9)2;1-2-6-9-7-4-3-5-8-9/h4-7H,3H2,1-2H3;3-5,7-8H,2,6H2,1H3/q2*+1. The lowest BCUT2D eigenvalue weighted by Gasteiger charge is -1.92. The molecule has 0 spiro atoms. The number of aromatic nitrogens is 2. The first-order valence-electron chi connectivity index (χ1n) is 6.67. The Morgan fingerprint density at radius 1 is 0.889 bits per heavy atom. The fraction of sp³-hybridized carbons (Fsp3) is 0.375. The highest BCUT2D eigenvalue weighted by atomic mass is 14.9. The lowest BCUT2D eigenvalue weighted by molar-refractivity contribution is -0.699. The van der Waals surface area contributed by atoms with Crippen LogP contribution in [0.2, 0.25) is 0 Å². The molecule has 0 aliphatic heterocycles. The van der Waals surface area contributed by atoms with Gasteiger partial charge in [-0.15, -0.1) is 0 Å². The Balaban J connectivity index is 0.000000180. The molecule has 0 aliphatic carbocycles. The van der Waals surface area contributed by atoms with Gasteiger partial charge >= 0.3 is 0 Å². The first kappa shape index (κ1) is 14.4. The first-order valence-corrected chi connectivity index (χ1v) is 6.67. The zero-order valence-corrected chi connectivity index (χ0v) is 11.7. The lowest BCUT2D eigenvalue weighted by atomic mass is 10.4. The van der Waals surface area contributed by atoms with Gasteiger partial charge in [-0.1, -0.05) is 19.1 Å². The molecule has 2 aromatic rings. The Bertz CT molecular complexity index is 438. The van der Waals surface area contributed by atoms with Gasteiger partial charge in [0.25, 0.3) is 0 Å². The van der Waals surface area contributed by atoms with Crippen LogP contribution in [0.5, 0.6) is 0 Å². The van der Waals surface area contributed by atoms with Crippen molar-refractivity contribution in [2.75, 3.05) is 0 Å². The molecule has 0 aromatic carbocycles. The highest BCUT2D eigenvalue weighted by Crippen LogP contribution is 1.85. The fourth-order valence-electron chi connectivity index (χ4n) is 1.76. The summed E-state index contributed by atoms with van der Waals surface area (Å²) in [6.07, 6.45) is 7.47. The summed E-state index contributed by atoms with van der Waals surface area (Å²) >= 11 is 0. The van der Waals surface area contributed by atoms with E-state index in [-0.39, 0.29) is 0 Å². The molecule has 0 N–H and O–H groups in total. The fourth-order valence-corrected chi connectivity index (χ4v) is 1.76. The molecule has 2 heteroatoms. The molecular formula is C16H24N2+2. The van der Waals surface area contributed by atoms with E-state index >= 15 is 0 Å². The smallest absolute Gasteiger partial charge is 0.178 e. The van der Waals surface area contributed by atoms with Crippen LogP contribution in [0.25, 0.3) is 0 Å². The first-order chi connectivity index (χ1) is 8.77. The molecule has 0 amide bonds. The van der Waals surface area contributed by atoms with Gasteiger partial charge in [0.1, 0.15) is 13.1 Å². The van der Waals surface area contributed by atoms with E-state index in [1.807, 2.05) is 6.07 Å². The molecule has 2 rings (SSSR count). The monoisotopic (exact) mass is 244 g/mol. The van der Waals surface area contributed by atoms with Gasteiger partial charge in [-0.25, -0.2) is 9.13 Å². The summed E-state index contributed by atoms with van der Waals surface area (Å²) < 4.78 is 4.39. The van der Waals surface area contributed by atoms with Crippen molar-refractivity contribution in [1.82, 2.24) is 0 Å². The lowest BCUT2D eigenvalue weighted by Crippen LogP contribution is -2.34. The Labute approximate surface area is 111 Å². The van der Waals surface area contributed by atoms with Crippen LogP contribution >= 0.6 is 0 Å². The van der Waals surface area contributed by atoms with Gasteiger partial charge < -0.3 is 0 Å². The van der Waals surface area contributed by atoms with Gasteiger partial charge in [0.15, 0.2) is 24.3 Å². The Morgan fingerprint density at radius 3 is 2.06 bits per heavy atom. The average Bonchev–Trinajstić information content (AvgIpc) is 2.42. The zero-order valence-electron chi connectivity index (χ0n) is 11.7. The molecular weight excluding hydrogens is 220 g/mol. The number of pyridine rings is 2. The summed E-state index contributed by atoms with van der Waals surface area (Å²) in [5.74, 6) is 0. The van der Waals surface area contributed by atoms with Crippen molar-refractivity contribution in [1.29, 1.82) is 0 Å². The third-order valence-corrected chi connectivity index (χ3v) is 2.77. The Kier molecular flexibility index (Phi) is 6.70. The van der Waals surface area contributed by atoms with Crippen LogP contribution in [-0.4, -0.2) is 0 Å². The van der Waals surface area contributed by atoms with Crippen molar-refractivity contribution in [3.8, 4) is 0 Å². The molecule has 0 atom stereocenters. The van der Waals surface area contributed by atoms with Crippen LogP contribution in [0.3, 0.4) is 0 Å². The largest absolute Gasteiger partial charge is 0.205 e. The third kappa shape index (κ3) is 5.09. The van der Waals surface area contributed by atoms with Gasteiger partial charge in [-0.2, -0.15) is 0 Å². The molecule has 18 heavy (non-hydrogen) atoms. The second-order valence-electron chi connectivity index (χ2n) is 4.24. The van der Waals surface area contributed by atoms with Gasteiger partial charge in [-0.3, -0.25) is 0 Å². The van der Waals surface area contributed by atoms with Gasteiger partial charge in [-0.05, 0) is 6.92 Å². The number of hydrogen-bond acceptors (Lipinski definition) is 0. The average molecular weight is 244 g/mol. The van der Waals surface area contributed by atoms with Crippen molar-refractivity contribution in [3.63, 3.8) is 0 Å². The van der Waals surface area contributed by atoms with Crippen molar-refractivity contribution in [2.45, 2.75) is 40.3 Å². The summed E-state index contributed by atoms with van der Waals surface area (Å²) in [6.45, 7) is 8.63. The maximum atomic E-state index is 2.21. The Morgan fingerprint density at radius 2 is 1.56 bits per heavy atom. The molecule has 0 unspecified atom stereocenters. The minimum atomic E-state index is 1.06. The molecule has 0 radical (unpaired) electrons. The van der Waals surface area contributed by atoms with Gasteiger partial charge in [0.2, 0.25) is 0 Å². The predicted octanol–water partition coefficient (Wildman–Crippen LogP) is 2.69. The number of rotatable bonds is 3. The van der Waals surface area contributed by atoms with E-state index in [4.69, 9.17) is 0 Å². The van der Waals surface area contributed by atoms with E-state index in [1.54, 1.807) is 0 Å². The quantitative estimate of drug-likeness (QED) is 0.733. The van der Waals surface area contributed by atoms with Crippen LogP contribution in [0, 0.1) is 6.92 Å². The molecule has 0 aliphatic rings. The van der Waals surface area contributed by atoms with E-state index in [1.165, 1.54) is 12.1 Å². The highest BCUT2D eigenvalue weighted by Gasteiger charge is 1.97. The van der Waals surface area contributed by atoms with Crippen molar-refractivity contribution < 1.29 is 9.13 Å². The molecule has 2 nitrogen and oxygen atoms in total. The summed E-state index contributed by atoms with van der Waals surface area (Å²) in [6, 6.07) is 12.4. The molecule has 96 valence electrons. The summed E-state index contributed by atoms with van der Waals surface area (Å²) in [5.41, 5.74) is 1.32. The molecule has 0 saturated carbocycles. The summed E-state index contributed by atoms with van der Waals surface area (Å²) in [7, 11) is 0. The molecule has 0 fully saturated rings. The minimum absolute atomic E-state index is 1.06. The highest BCUT2D eigenvalue weighted by molar-refractivity contribution is 4.93. The topological polar surface area (TPSA) is 7.76 Å². The van der Waals surface area contributed by atoms with Gasteiger partial charge in [0, 0.05) is 37.6 Å². The number of aryl methyl sites for hydroxylation is 3. The number of hydrogen-bond donors (Lipinski definition) is 0. The maximum absolute atomic E-state index is 2.21. The van der Waals surface area contributed by atoms with Crippen molar-refractivity contribution in [2.24, 2.45) is 0 Å². The molecule has 2 heterocycles. The summed E-state index contributed by atoms with van der Waals surface area (Å²) in [5, 5.41) is 0. The zero-order chi connectivity index (χ0) is 13.2. The van der Waals surface area contributed by atoms with Gasteiger partial charge in [0.05, 0.1) is 0 Å². The molecule has 2 aromatic heterocycles. The predicted molar refractivity (Wildman–Crippen MR) is 74.0 cm³/mol. The van der Waals surface area contributed by atoms with E-state index in [9.17, 15) is 0 Å². The second-order valence-corrected chi connectivity index (χ2v) is 4.24. The minimum Gasteiger partial charge on any atom is -0.205 e. The van der Waals surface area contributed by atoms with Crippen LogP contribution in [-0.2, 0) is 13.1 Å². The van der Waals surface area contributed by atoms with Crippen LogP contribution < -0.4 is 9.13 Å². The van der Waals surface area contributed by atoms with E-state index in [2.05, 4.69) is 78.8 Å². The van der Waals surface area contributed by atoms with Crippen LogP contribution in [0.1, 0.15) is 26.0 Å². The van der Waals surface area contributed by atoms with E-state index in [0.717, 1.165) is 13.1 Å². The SMILES string of the molecule is CCC[n+]1ccccc1.CC[n+]1ccccc1C. The van der Waals surface area contributed by atoms with Crippen molar-refractivity contribution in [3.05, 3.63) is 60.7 Å². The van der Waals surface area contributed by atoms with E-state index in [0.29, 0.717) is 0 Å². The van der Waals surface area contributed by atoms with Crippen LogP contribution in [0.15, 0.2) is 55.0 Å². The molecule has 0 bridgehead atoms. The third-order valence-electron chi connectivity index (χ3n) is 2.77. The molecule has 0 saturated heterocycles. The number of nitrogens with zero attached hydrogens (tertiary/aromatic N) is 2. The van der Waals surface area contributed by atoms with E-state index < -0.39 is 0 Å². The normalized spacial score (nSPS) is 9.50. The maximum Gasteiger partial charge on any atom is 0.178 e. The van der Waals surface area contributed by atoms with Crippen LogP contribution in [0.4, 0.5) is 0 Å². The summed E-state index contributed by atoms with van der Waals surface area (Å²) in [4.78, 5) is 0. The Hall–Kier alpha value is -1.70. The van der Waals surface area contributed by atoms with Crippen molar-refractivity contribution >= 4 is 0 Å².